The lowest BCUT2D eigenvalue weighted by molar-refractivity contribution is 1.35. The lowest BCUT2D eigenvalue weighted by Crippen LogP contribution is -1.81. The summed E-state index contributed by atoms with van der Waals surface area (Å²) >= 11 is 8.92. The summed E-state index contributed by atoms with van der Waals surface area (Å²) in [5, 5.41) is 0.514. The van der Waals surface area contributed by atoms with E-state index >= 15 is 0 Å². The number of hydrogen-bond donors (Lipinski definition) is 0. The normalized spacial score (nSPS) is 12.4. The Morgan fingerprint density at radius 2 is 1.70 bits per heavy atom. The van der Waals surface area contributed by atoms with Gasteiger partial charge in [-0.3, -0.25) is 0 Å². The SMILES string of the molecule is C=C(C)/C(C)=C(/Br)C(=C)Cl. The Balaban J connectivity index is 4.67. The van der Waals surface area contributed by atoms with E-state index in [0.29, 0.717) is 5.03 Å². The van der Waals surface area contributed by atoms with Crippen LogP contribution in [0.3, 0.4) is 0 Å². The van der Waals surface area contributed by atoms with Crippen molar-refractivity contribution in [3.05, 3.63) is 33.8 Å². The van der Waals surface area contributed by atoms with Crippen molar-refractivity contribution in [2.75, 3.05) is 0 Å². The number of halogens is 2. The second-order valence-corrected chi connectivity index (χ2v) is 3.37. The summed E-state index contributed by atoms with van der Waals surface area (Å²) in [6.45, 7) is 11.2. The van der Waals surface area contributed by atoms with Crippen LogP contribution in [0.5, 0.6) is 0 Å². The molecule has 0 aliphatic heterocycles. The lowest BCUT2D eigenvalue weighted by atomic mass is 10.1. The van der Waals surface area contributed by atoms with E-state index in [1.807, 2.05) is 13.8 Å². The minimum atomic E-state index is 0.514. The van der Waals surface area contributed by atoms with Gasteiger partial charge in [0.1, 0.15) is 0 Å². The molecule has 0 saturated heterocycles. The van der Waals surface area contributed by atoms with E-state index in [2.05, 4.69) is 29.1 Å². The van der Waals surface area contributed by atoms with Crippen LogP contribution >= 0.6 is 27.5 Å². The predicted molar refractivity (Wildman–Crippen MR) is 51.4 cm³/mol. The molecule has 0 saturated carbocycles. The number of hydrogen-bond acceptors (Lipinski definition) is 0. The minimum absolute atomic E-state index is 0.514. The van der Waals surface area contributed by atoms with E-state index in [9.17, 15) is 0 Å². The summed E-state index contributed by atoms with van der Waals surface area (Å²) in [5.74, 6) is 0. The molecule has 0 spiro atoms. The van der Waals surface area contributed by atoms with Gasteiger partial charge in [-0.15, -0.1) is 0 Å². The molecule has 0 fully saturated rings. The van der Waals surface area contributed by atoms with E-state index in [0.717, 1.165) is 15.6 Å². The maximum absolute atomic E-state index is 5.63. The third kappa shape index (κ3) is 2.72. The molecule has 0 nitrogen and oxygen atoms in total. The first-order valence-electron chi connectivity index (χ1n) is 2.84. The molecule has 2 heteroatoms. The Hall–Kier alpha value is -0.0100. The average molecular weight is 222 g/mol. The molecule has 0 aromatic carbocycles. The van der Waals surface area contributed by atoms with Gasteiger partial charge in [0, 0.05) is 9.51 Å². The summed E-state index contributed by atoms with van der Waals surface area (Å²) in [6, 6.07) is 0. The zero-order valence-corrected chi connectivity index (χ0v) is 8.51. The van der Waals surface area contributed by atoms with E-state index in [1.165, 1.54) is 0 Å². The molecule has 0 amide bonds. The highest BCUT2D eigenvalue weighted by Crippen LogP contribution is 2.25. The van der Waals surface area contributed by atoms with Crippen LogP contribution in [0.15, 0.2) is 33.8 Å². The molecule has 0 aromatic rings. The lowest BCUT2D eigenvalue weighted by Gasteiger charge is -2.02. The first-order valence-corrected chi connectivity index (χ1v) is 4.01. The highest BCUT2D eigenvalue weighted by atomic mass is 79.9. The monoisotopic (exact) mass is 220 g/mol. The molecule has 0 unspecified atom stereocenters. The van der Waals surface area contributed by atoms with Crippen LogP contribution in [0.4, 0.5) is 0 Å². The fourth-order valence-electron chi connectivity index (χ4n) is 0.391. The molecule has 0 heterocycles. The highest BCUT2D eigenvalue weighted by Gasteiger charge is 2.00. The third-order valence-corrected chi connectivity index (χ3v) is 2.70. The van der Waals surface area contributed by atoms with Crippen molar-refractivity contribution >= 4 is 27.5 Å². The van der Waals surface area contributed by atoms with Gasteiger partial charge in [0.2, 0.25) is 0 Å². The standard InChI is InChI=1S/C8H10BrCl/c1-5(2)6(3)8(9)7(4)10/h1,4H2,2-3H3/b8-6+. The van der Waals surface area contributed by atoms with Gasteiger partial charge >= 0.3 is 0 Å². The zero-order valence-electron chi connectivity index (χ0n) is 6.17. The molecule has 10 heavy (non-hydrogen) atoms. The van der Waals surface area contributed by atoms with Crippen LogP contribution in [0, 0.1) is 0 Å². The molecule has 0 aromatic heterocycles. The number of allylic oxidation sites excluding steroid dienone is 4. The second kappa shape index (κ2) is 3.99. The van der Waals surface area contributed by atoms with Crippen LogP contribution in [-0.2, 0) is 0 Å². The van der Waals surface area contributed by atoms with Gasteiger partial charge in [0.25, 0.3) is 0 Å². The van der Waals surface area contributed by atoms with Gasteiger partial charge in [-0.05, 0) is 35.4 Å². The second-order valence-electron chi connectivity index (χ2n) is 2.12. The summed E-state index contributed by atoms with van der Waals surface area (Å²) in [5.41, 5.74) is 2.04. The smallest absolute Gasteiger partial charge is 0.0479 e. The molecular formula is C8H10BrCl. The van der Waals surface area contributed by atoms with Crippen LogP contribution in [0.1, 0.15) is 13.8 Å². The molecule has 0 aliphatic rings. The highest BCUT2D eigenvalue weighted by molar-refractivity contribution is 9.12. The maximum atomic E-state index is 5.63. The first kappa shape index (κ1) is 9.99. The zero-order chi connectivity index (χ0) is 8.31. The van der Waals surface area contributed by atoms with Crippen molar-refractivity contribution in [2.45, 2.75) is 13.8 Å². The average Bonchev–Trinajstić information content (AvgIpc) is 1.84. The maximum Gasteiger partial charge on any atom is 0.0479 e. The third-order valence-electron chi connectivity index (χ3n) is 1.21. The van der Waals surface area contributed by atoms with Crippen LogP contribution in [0.2, 0.25) is 0 Å². The predicted octanol–water partition coefficient (Wildman–Crippen LogP) is 3.98. The van der Waals surface area contributed by atoms with Crippen LogP contribution < -0.4 is 0 Å². The molecule has 0 radical (unpaired) electrons. The molecule has 0 aliphatic carbocycles. The van der Waals surface area contributed by atoms with Gasteiger partial charge in [-0.25, -0.2) is 0 Å². The van der Waals surface area contributed by atoms with Gasteiger partial charge in [-0.1, -0.05) is 30.3 Å². The Morgan fingerprint density at radius 1 is 1.30 bits per heavy atom. The molecular weight excluding hydrogens is 211 g/mol. The van der Waals surface area contributed by atoms with Crippen molar-refractivity contribution in [1.29, 1.82) is 0 Å². The Bertz CT molecular complexity index is 179. The van der Waals surface area contributed by atoms with Gasteiger partial charge < -0.3 is 0 Å². The van der Waals surface area contributed by atoms with Crippen LogP contribution in [0.25, 0.3) is 0 Å². The van der Waals surface area contributed by atoms with Crippen molar-refractivity contribution in [3.8, 4) is 0 Å². The van der Waals surface area contributed by atoms with E-state index in [4.69, 9.17) is 11.6 Å². The minimum Gasteiger partial charge on any atom is -0.0958 e. The Labute approximate surface area is 75.4 Å². The van der Waals surface area contributed by atoms with Crippen LogP contribution in [-0.4, -0.2) is 0 Å². The summed E-state index contributed by atoms with van der Waals surface area (Å²) < 4.78 is 0.835. The summed E-state index contributed by atoms with van der Waals surface area (Å²) in [4.78, 5) is 0. The molecule has 0 rings (SSSR count). The first-order chi connectivity index (χ1) is 4.46. The Kier molecular flexibility index (Phi) is 3.99. The van der Waals surface area contributed by atoms with E-state index in [1.54, 1.807) is 0 Å². The van der Waals surface area contributed by atoms with Gasteiger partial charge in [-0.2, -0.15) is 0 Å². The number of rotatable bonds is 2. The largest absolute Gasteiger partial charge is 0.0958 e. The Morgan fingerprint density at radius 3 is 1.80 bits per heavy atom. The summed E-state index contributed by atoms with van der Waals surface area (Å²) in [6.07, 6.45) is 0. The molecule has 56 valence electrons. The molecule has 0 bridgehead atoms. The van der Waals surface area contributed by atoms with E-state index in [-0.39, 0.29) is 0 Å². The van der Waals surface area contributed by atoms with Gasteiger partial charge in [0.15, 0.2) is 0 Å². The van der Waals surface area contributed by atoms with Crippen molar-refractivity contribution in [2.24, 2.45) is 0 Å². The van der Waals surface area contributed by atoms with Crippen molar-refractivity contribution < 1.29 is 0 Å². The fraction of sp³-hybridized carbons (Fsp3) is 0.250. The fourth-order valence-corrected chi connectivity index (χ4v) is 0.871. The molecule has 0 atom stereocenters. The molecule has 0 N–H and O–H groups in total. The topological polar surface area (TPSA) is 0 Å². The quantitative estimate of drug-likeness (QED) is 0.619. The summed E-state index contributed by atoms with van der Waals surface area (Å²) in [7, 11) is 0. The van der Waals surface area contributed by atoms with Crippen molar-refractivity contribution in [1.82, 2.24) is 0 Å². The van der Waals surface area contributed by atoms with Gasteiger partial charge in [0.05, 0.1) is 0 Å². The van der Waals surface area contributed by atoms with E-state index < -0.39 is 0 Å². The van der Waals surface area contributed by atoms with Crippen molar-refractivity contribution in [3.63, 3.8) is 0 Å².